The van der Waals surface area contributed by atoms with Crippen LogP contribution >= 0.6 is 11.6 Å². The van der Waals surface area contributed by atoms with Crippen LogP contribution in [0.3, 0.4) is 0 Å². The first-order valence-corrected chi connectivity index (χ1v) is 7.96. The minimum atomic E-state index is -0.168. The molecule has 110 valence electrons. The molecule has 2 aliphatic rings. The van der Waals surface area contributed by atoms with Gasteiger partial charge >= 0.3 is 0 Å². The first-order chi connectivity index (χ1) is 9.65. The molecule has 1 aromatic rings. The molecule has 1 aromatic carbocycles. The van der Waals surface area contributed by atoms with Crippen molar-refractivity contribution in [2.24, 2.45) is 5.92 Å². The third-order valence-corrected chi connectivity index (χ3v) is 4.79. The third kappa shape index (κ3) is 3.11. The molecular formula is C16H23ClN2O. The summed E-state index contributed by atoms with van der Waals surface area (Å²) in [5, 5.41) is 14.3. The van der Waals surface area contributed by atoms with Crippen LogP contribution in [0.1, 0.15) is 31.7 Å². The van der Waals surface area contributed by atoms with Crippen LogP contribution in [-0.4, -0.2) is 30.3 Å². The van der Waals surface area contributed by atoms with E-state index >= 15 is 0 Å². The summed E-state index contributed by atoms with van der Waals surface area (Å²) in [6.45, 7) is 4.76. The predicted octanol–water partition coefficient (Wildman–Crippen LogP) is 2.80. The highest BCUT2D eigenvalue weighted by Gasteiger charge is 2.27. The van der Waals surface area contributed by atoms with Crippen molar-refractivity contribution in [2.45, 2.75) is 44.9 Å². The maximum Gasteiger partial charge on any atom is 0.0599 e. The largest absolute Gasteiger partial charge is 0.393 e. The highest BCUT2D eigenvalue weighted by Crippen LogP contribution is 2.31. The molecule has 20 heavy (non-hydrogen) atoms. The Balaban J connectivity index is 1.78. The summed E-state index contributed by atoms with van der Waals surface area (Å²) < 4.78 is 0. The average Bonchev–Trinajstić information content (AvgIpc) is 3.24. The lowest BCUT2D eigenvalue weighted by Gasteiger charge is -2.37. The Labute approximate surface area is 125 Å². The number of hydrogen-bond donors (Lipinski definition) is 2. The fraction of sp³-hybridized carbons (Fsp3) is 0.625. The van der Waals surface area contributed by atoms with E-state index in [4.69, 9.17) is 11.6 Å². The lowest BCUT2D eigenvalue weighted by molar-refractivity contribution is 0.0970. The topological polar surface area (TPSA) is 35.5 Å². The van der Waals surface area contributed by atoms with Crippen molar-refractivity contribution in [1.29, 1.82) is 0 Å². The smallest absolute Gasteiger partial charge is 0.0599 e. The molecule has 3 nitrogen and oxygen atoms in total. The minimum Gasteiger partial charge on any atom is -0.393 e. The van der Waals surface area contributed by atoms with Crippen LogP contribution in [-0.2, 0) is 6.54 Å². The van der Waals surface area contributed by atoms with E-state index < -0.39 is 0 Å². The number of nitrogens with zero attached hydrogens (tertiary/aromatic N) is 1. The molecule has 1 saturated carbocycles. The van der Waals surface area contributed by atoms with Gasteiger partial charge < -0.3 is 15.3 Å². The van der Waals surface area contributed by atoms with E-state index in [1.54, 1.807) is 0 Å². The SMILES string of the molecule is CC1CN(c2cccc(Cl)c2CNC2CC2)CCC1O. The van der Waals surface area contributed by atoms with Crippen LogP contribution in [0.5, 0.6) is 0 Å². The molecule has 0 spiro atoms. The van der Waals surface area contributed by atoms with Gasteiger partial charge in [0, 0.05) is 41.9 Å². The van der Waals surface area contributed by atoms with Crippen LogP contribution in [0.4, 0.5) is 5.69 Å². The van der Waals surface area contributed by atoms with Gasteiger partial charge in [-0.2, -0.15) is 0 Å². The van der Waals surface area contributed by atoms with Gasteiger partial charge in [0.25, 0.3) is 0 Å². The van der Waals surface area contributed by atoms with Crippen LogP contribution < -0.4 is 10.2 Å². The van der Waals surface area contributed by atoms with E-state index in [1.165, 1.54) is 24.1 Å². The summed E-state index contributed by atoms with van der Waals surface area (Å²) in [7, 11) is 0. The standard InChI is InChI=1S/C16H23ClN2O/c1-11-10-19(8-7-16(11)20)15-4-2-3-14(17)13(15)9-18-12-5-6-12/h2-4,11-12,16,18,20H,5-10H2,1H3. The number of halogens is 1. The summed E-state index contributed by atoms with van der Waals surface area (Å²) in [4.78, 5) is 2.37. The molecular weight excluding hydrogens is 272 g/mol. The van der Waals surface area contributed by atoms with Crippen LogP contribution in [0.15, 0.2) is 18.2 Å². The summed E-state index contributed by atoms with van der Waals surface area (Å²) >= 11 is 6.40. The Hall–Kier alpha value is -0.770. The Morgan fingerprint density at radius 1 is 1.35 bits per heavy atom. The Kier molecular flexibility index (Phi) is 4.20. The molecule has 0 radical (unpaired) electrons. The summed E-state index contributed by atoms with van der Waals surface area (Å²) in [5.74, 6) is 0.312. The number of rotatable bonds is 4. The predicted molar refractivity (Wildman–Crippen MR) is 83.3 cm³/mol. The molecule has 2 fully saturated rings. The molecule has 2 atom stereocenters. The zero-order valence-electron chi connectivity index (χ0n) is 12.0. The quantitative estimate of drug-likeness (QED) is 0.896. The number of piperidine rings is 1. The number of aliphatic hydroxyl groups excluding tert-OH is 1. The number of nitrogens with one attached hydrogen (secondary N) is 1. The van der Waals surface area contributed by atoms with Crippen LogP contribution in [0.25, 0.3) is 0 Å². The zero-order valence-corrected chi connectivity index (χ0v) is 12.7. The second-order valence-electron chi connectivity index (χ2n) is 6.17. The van der Waals surface area contributed by atoms with E-state index in [-0.39, 0.29) is 6.10 Å². The molecule has 0 aromatic heterocycles. The van der Waals surface area contributed by atoms with Gasteiger partial charge in [0.2, 0.25) is 0 Å². The van der Waals surface area contributed by atoms with Crippen molar-refractivity contribution in [2.75, 3.05) is 18.0 Å². The lowest BCUT2D eigenvalue weighted by Crippen LogP contribution is -2.42. The van der Waals surface area contributed by atoms with Gasteiger partial charge in [-0.25, -0.2) is 0 Å². The van der Waals surface area contributed by atoms with Gasteiger partial charge in [0.05, 0.1) is 6.10 Å². The number of anilines is 1. The minimum absolute atomic E-state index is 0.168. The van der Waals surface area contributed by atoms with E-state index in [1.807, 2.05) is 12.1 Å². The second-order valence-corrected chi connectivity index (χ2v) is 6.58. The van der Waals surface area contributed by atoms with E-state index in [9.17, 15) is 5.11 Å². The van der Waals surface area contributed by atoms with Crippen molar-refractivity contribution in [3.05, 3.63) is 28.8 Å². The van der Waals surface area contributed by atoms with Gasteiger partial charge in [0.1, 0.15) is 0 Å². The highest BCUT2D eigenvalue weighted by atomic mass is 35.5. The third-order valence-electron chi connectivity index (χ3n) is 4.44. The maximum absolute atomic E-state index is 9.89. The van der Waals surface area contributed by atoms with Gasteiger partial charge in [-0.3, -0.25) is 0 Å². The molecule has 1 aliphatic carbocycles. The molecule has 1 saturated heterocycles. The molecule has 2 unspecified atom stereocenters. The molecule has 4 heteroatoms. The molecule has 3 rings (SSSR count). The zero-order chi connectivity index (χ0) is 14.1. The molecule has 0 amide bonds. The van der Waals surface area contributed by atoms with E-state index in [0.29, 0.717) is 12.0 Å². The summed E-state index contributed by atoms with van der Waals surface area (Å²) in [6.07, 6.45) is 3.24. The average molecular weight is 295 g/mol. The van der Waals surface area contributed by atoms with Crippen molar-refractivity contribution in [1.82, 2.24) is 5.32 Å². The Morgan fingerprint density at radius 3 is 2.85 bits per heavy atom. The summed E-state index contributed by atoms with van der Waals surface area (Å²) in [6, 6.07) is 6.83. The highest BCUT2D eigenvalue weighted by molar-refractivity contribution is 6.31. The first kappa shape index (κ1) is 14.2. The lowest BCUT2D eigenvalue weighted by atomic mass is 9.95. The Morgan fingerprint density at radius 2 is 2.15 bits per heavy atom. The van der Waals surface area contributed by atoms with E-state index in [0.717, 1.165) is 31.1 Å². The number of benzene rings is 1. The van der Waals surface area contributed by atoms with Crippen molar-refractivity contribution >= 4 is 17.3 Å². The van der Waals surface area contributed by atoms with Crippen LogP contribution in [0, 0.1) is 5.92 Å². The van der Waals surface area contributed by atoms with E-state index in [2.05, 4.69) is 23.2 Å². The van der Waals surface area contributed by atoms with Gasteiger partial charge in [-0.1, -0.05) is 24.6 Å². The summed E-state index contributed by atoms with van der Waals surface area (Å²) in [5.41, 5.74) is 2.43. The first-order valence-electron chi connectivity index (χ1n) is 7.59. The van der Waals surface area contributed by atoms with Crippen molar-refractivity contribution in [3.8, 4) is 0 Å². The number of aliphatic hydroxyl groups is 1. The van der Waals surface area contributed by atoms with Gasteiger partial charge in [-0.15, -0.1) is 0 Å². The normalized spacial score (nSPS) is 26.9. The van der Waals surface area contributed by atoms with Crippen molar-refractivity contribution < 1.29 is 5.11 Å². The molecule has 1 aliphatic heterocycles. The van der Waals surface area contributed by atoms with Gasteiger partial charge in [-0.05, 0) is 37.3 Å². The van der Waals surface area contributed by atoms with Crippen LogP contribution in [0.2, 0.25) is 5.02 Å². The van der Waals surface area contributed by atoms with Crippen molar-refractivity contribution in [3.63, 3.8) is 0 Å². The molecule has 1 heterocycles. The fourth-order valence-electron chi connectivity index (χ4n) is 2.90. The molecule has 0 bridgehead atoms. The van der Waals surface area contributed by atoms with Gasteiger partial charge in [0.15, 0.2) is 0 Å². The number of hydrogen-bond acceptors (Lipinski definition) is 3. The molecule has 2 N–H and O–H groups in total. The monoisotopic (exact) mass is 294 g/mol. The Bertz CT molecular complexity index is 476. The maximum atomic E-state index is 9.89. The second kappa shape index (κ2) is 5.92. The fourth-order valence-corrected chi connectivity index (χ4v) is 3.14.